The maximum Gasteiger partial charge on any atom is 0.194 e. The van der Waals surface area contributed by atoms with Gasteiger partial charge in [-0.2, -0.15) is 0 Å². The van der Waals surface area contributed by atoms with Gasteiger partial charge in [0.1, 0.15) is 11.9 Å². The van der Waals surface area contributed by atoms with E-state index in [1.807, 2.05) is 6.92 Å². The van der Waals surface area contributed by atoms with Gasteiger partial charge in [-0.1, -0.05) is 18.2 Å². The third-order valence-electron chi connectivity index (χ3n) is 3.42. The van der Waals surface area contributed by atoms with Gasteiger partial charge in [0.2, 0.25) is 0 Å². The molecule has 1 aliphatic rings. The average Bonchev–Trinajstić information content (AvgIpc) is 2.97. The quantitative estimate of drug-likeness (QED) is 0.458. The predicted molar refractivity (Wildman–Crippen MR) is 93.6 cm³/mol. The molecule has 1 aromatic rings. The summed E-state index contributed by atoms with van der Waals surface area (Å²) in [5.41, 5.74) is 0.300. The Bertz CT molecular complexity index is 464. The summed E-state index contributed by atoms with van der Waals surface area (Å²) in [6.07, 6.45) is 1.42. The molecule has 0 bridgehead atoms. The normalized spacial score (nSPS) is 16.5. The van der Waals surface area contributed by atoms with Crippen LogP contribution in [-0.4, -0.2) is 42.1 Å². The van der Waals surface area contributed by atoms with Gasteiger partial charge in [0.15, 0.2) is 5.96 Å². The van der Waals surface area contributed by atoms with Crippen LogP contribution in [0.2, 0.25) is 0 Å². The van der Waals surface area contributed by atoms with Crippen molar-refractivity contribution in [2.24, 2.45) is 4.99 Å². The molecule has 1 aromatic carbocycles. The number of guanidine groups is 1. The molecule has 0 aromatic heterocycles. The van der Waals surface area contributed by atoms with Crippen molar-refractivity contribution in [3.63, 3.8) is 0 Å². The molecule has 1 unspecified atom stereocenters. The first kappa shape index (κ1) is 18.2. The lowest BCUT2D eigenvalue weighted by molar-refractivity contribution is 0.182. The number of likely N-dealkylation sites (tertiary alicyclic amines) is 1. The van der Waals surface area contributed by atoms with Crippen molar-refractivity contribution < 1.29 is 9.50 Å². The monoisotopic (exact) mass is 407 g/mol. The number of aliphatic imine (C=N–C) groups is 1. The van der Waals surface area contributed by atoms with E-state index in [1.54, 1.807) is 18.2 Å². The Labute approximate surface area is 142 Å². The van der Waals surface area contributed by atoms with Crippen LogP contribution in [0, 0.1) is 5.82 Å². The number of halogens is 2. The minimum absolute atomic E-state index is 0. The number of benzene rings is 1. The van der Waals surface area contributed by atoms with Gasteiger partial charge in [-0.05, 0) is 25.8 Å². The van der Waals surface area contributed by atoms with Gasteiger partial charge in [-0.3, -0.25) is 4.99 Å². The Morgan fingerprint density at radius 2 is 2.05 bits per heavy atom. The first-order chi connectivity index (χ1) is 9.72. The van der Waals surface area contributed by atoms with E-state index in [9.17, 15) is 9.50 Å². The van der Waals surface area contributed by atoms with Crippen molar-refractivity contribution in [3.05, 3.63) is 35.6 Å². The number of aliphatic hydroxyl groups excluding tert-OH is 1. The summed E-state index contributed by atoms with van der Waals surface area (Å²) in [7, 11) is 0. The maximum atomic E-state index is 13.6. The smallest absolute Gasteiger partial charge is 0.194 e. The predicted octanol–water partition coefficient (Wildman–Crippen LogP) is 2.54. The zero-order valence-electron chi connectivity index (χ0n) is 12.3. The number of hydrogen-bond acceptors (Lipinski definition) is 2. The lowest BCUT2D eigenvalue weighted by Crippen LogP contribution is -2.39. The highest BCUT2D eigenvalue weighted by molar-refractivity contribution is 14.0. The second-order valence-electron chi connectivity index (χ2n) is 4.93. The standard InChI is InChI=1S/C15H22FN3O.HI/c1-2-17-15(19-9-5-6-10-19)18-11-14(20)12-7-3-4-8-13(12)16;/h3-4,7-8,14,20H,2,5-6,9-11H2,1H3,(H,17,18);1H. The third-order valence-corrected chi connectivity index (χ3v) is 3.42. The highest BCUT2D eigenvalue weighted by Gasteiger charge is 2.17. The summed E-state index contributed by atoms with van der Waals surface area (Å²) in [6.45, 7) is 4.94. The summed E-state index contributed by atoms with van der Waals surface area (Å²) in [6, 6.07) is 6.28. The molecule has 21 heavy (non-hydrogen) atoms. The van der Waals surface area contributed by atoms with Crippen LogP contribution in [0.5, 0.6) is 0 Å². The molecule has 0 saturated carbocycles. The van der Waals surface area contributed by atoms with Crippen LogP contribution in [0.1, 0.15) is 31.4 Å². The zero-order valence-corrected chi connectivity index (χ0v) is 14.6. The minimum Gasteiger partial charge on any atom is -0.386 e. The lowest BCUT2D eigenvalue weighted by atomic mass is 10.1. The second-order valence-corrected chi connectivity index (χ2v) is 4.93. The topological polar surface area (TPSA) is 47.9 Å². The fourth-order valence-corrected chi connectivity index (χ4v) is 2.37. The van der Waals surface area contributed by atoms with Crippen molar-refractivity contribution in [3.8, 4) is 0 Å². The van der Waals surface area contributed by atoms with E-state index in [-0.39, 0.29) is 36.3 Å². The molecule has 1 heterocycles. The number of nitrogens with zero attached hydrogens (tertiary/aromatic N) is 2. The van der Waals surface area contributed by atoms with E-state index in [0.29, 0.717) is 5.56 Å². The van der Waals surface area contributed by atoms with E-state index < -0.39 is 6.10 Å². The van der Waals surface area contributed by atoms with Crippen LogP contribution >= 0.6 is 24.0 Å². The van der Waals surface area contributed by atoms with Gasteiger partial charge in [-0.15, -0.1) is 24.0 Å². The van der Waals surface area contributed by atoms with Crippen molar-refractivity contribution in [1.29, 1.82) is 0 Å². The maximum absolute atomic E-state index is 13.6. The van der Waals surface area contributed by atoms with Crippen LogP contribution in [-0.2, 0) is 0 Å². The molecule has 0 amide bonds. The van der Waals surface area contributed by atoms with Crippen LogP contribution in [0.4, 0.5) is 4.39 Å². The van der Waals surface area contributed by atoms with E-state index >= 15 is 0 Å². The molecular formula is C15H23FIN3O. The molecule has 4 nitrogen and oxygen atoms in total. The Hall–Kier alpha value is -0.890. The Balaban J connectivity index is 0.00000220. The molecule has 1 fully saturated rings. The van der Waals surface area contributed by atoms with Crippen LogP contribution in [0.3, 0.4) is 0 Å². The summed E-state index contributed by atoms with van der Waals surface area (Å²) in [5.74, 6) is 0.418. The van der Waals surface area contributed by atoms with E-state index in [2.05, 4.69) is 15.2 Å². The van der Waals surface area contributed by atoms with Crippen molar-refractivity contribution in [1.82, 2.24) is 10.2 Å². The SMILES string of the molecule is CCNC(=NCC(O)c1ccccc1F)N1CCCC1.I. The molecule has 6 heteroatoms. The molecule has 1 atom stereocenters. The van der Waals surface area contributed by atoms with Crippen LogP contribution in [0.15, 0.2) is 29.3 Å². The molecule has 1 saturated heterocycles. The third kappa shape index (κ3) is 5.10. The summed E-state index contributed by atoms with van der Waals surface area (Å²) >= 11 is 0. The summed E-state index contributed by atoms with van der Waals surface area (Å²) < 4.78 is 13.6. The Morgan fingerprint density at radius 3 is 2.67 bits per heavy atom. The van der Waals surface area contributed by atoms with Crippen molar-refractivity contribution in [2.75, 3.05) is 26.2 Å². The number of rotatable bonds is 4. The molecule has 118 valence electrons. The van der Waals surface area contributed by atoms with E-state index in [4.69, 9.17) is 0 Å². The van der Waals surface area contributed by atoms with Gasteiger partial charge < -0.3 is 15.3 Å². The van der Waals surface area contributed by atoms with Crippen LogP contribution in [0.25, 0.3) is 0 Å². The fraction of sp³-hybridized carbons (Fsp3) is 0.533. The first-order valence-corrected chi connectivity index (χ1v) is 7.18. The number of nitrogens with one attached hydrogen (secondary N) is 1. The molecule has 2 N–H and O–H groups in total. The fourth-order valence-electron chi connectivity index (χ4n) is 2.37. The first-order valence-electron chi connectivity index (χ1n) is 7.18. The molecule has 0 aliphatic carbocycles. The number of hydrogen-bond donors (Lipinski definition) is 2. The minimum atomic E-state index is -0.910. The molecule has 2 rings (SSSR count). The average molecular weight is 407 g/mol. The Morgan fingerprint density at radius 1 is 1.38 bits per heavy atom. The van der Waals surface area contributed by atoms with Gasteiger partial charge in [0, 0.05) is 25.2 Å². The van der Waals surface area contributed by atoms with E-state index in [0.717, 1.165) is 25.6 Å². The zero-order chi connectivity index (χ0) is 14.4. The second kappa shape index (κ2) is 9.19. The van der Waals surface area contributed by atoms with Crippen LogP contribution < -0.4 is 5.32 Å². The summed E-state index contributed by atoms with van der Waals surface area (Å²) in [4.78, 5) is 6.61. The van der Waals surface area contributed by atoms with Gasteiger partial charge in [-0.25, -0.2) is 4.39 Å². The van der Waals surface area contributed by atoms with Gasteiger partial charge >= 0.3 is 0 Å². The molecule has 1 aliphatic heterocycles. The molecular weight excluding hydrogens is 384 g/mol. The molecule has 0 spiro atoms. The van der Waals surface area contributed by atoms with Gasteiger partial charge in [0.05, 0.1) is 6.54 Å². The van der Waals surface area contributed by atoms with Crippen molar-refractivity contribution in [2.45, 2.75) is 25.9 Å². The van der Waals surface area contributed by atoms with Crippen molar-refractivity contribution >= 4 is 29.9 Å². The Kier molecular flexibility index (Phi) is 7.95. The van der Waals surface area contributed by atoms with E-state index in [1.165, 1.54) is 18.9 Å². The lowest BCUT2D eigenvalue weighted by Gasteiger charge is -2.21. The number of aliphatic hydroxyl groups is 1. The summed E-state index contributed by atoms with van der Waals surface area (Å²) in [5, 5.41) is 13.3. The molecule has 0 radical (unpaired) electrons. The highest BCUT2D eigenvalue weighted by atomic mass is 127. The largest absolute Gasteiger partial charge is 0.386 e. The van der Waals surface area contributed by atoms with Gasteiger partial charge in [0.25, 0.3) is 0 Å². The highest BCUT2D eigenvalue weighted by Crippen LogP contribution is 2.17.